The number of nitrogens with one attached hydrogen (secondary N) is 1. The maximum Gasteiger partial charge on any atom is 0.416 e. The van der Waals surface area contributed by atoms with Gasteiger partial charge in [0.1, 0.15) is 6.07 Å². The number of halogens is 4. The highest BCUT2D eigenvalue weighted by Gasteiger charge is 2.32. The Bertz CT molecular complexity index is 645. The van der Waals surface area contributed by atoms with Crippen molar-refractivity contribution in [1.29, 1.82) is 5.26 Å². The second kappa shape index (κ2) is 7.73. The Morgan fingerprint density at radius 3 is 2.71 bits per heavy atom. The highest BCUT2D eigenvalue weighted by molar-refractivity contribution is 5.85. The van der Waals surface area contributed by atoms with Gasteiger partial charge in [0.2, 0.25) is 5.91 Å². The van der Waals surface area contributed by atoms with Gasteiger partial charge in [-0.15, -0.1) is 12.4 Å². The van der Waals surface area contributed by atoms with Crippen LogP contribution in [0.15, 0.2) is 18.2 Å². The first-order valence-corrected chi connectivity index (χ1v) is 7.14. The van der Waals surface area contributed by atoms with Gasteiger partial charge >= 0.3 is 6.18 Å². The molecule has 0 unspecified atom stereocenters. The number of nitrogens with zero attached hydrogens (tertiary/aromatic N) is 2. The molecule has 0 aromatic heterocycles. The predicted molar refractivity (Wildman–Crippen MR) is 85.8 cm³/mol. The van der Waals surface area contributed by atoms with E-state index in [0.29, 0.717) is 25.2 Å². The number of rotatable bonds is 4. The third-order valence-corrected chi connectivity index (χ3v) is 3.89. The lowest BCUT2D eigenvalue weighted by Gasteiger charge is -2.22. The van der Waals surface area contributed by atoms with Crippen LogP contribution < -0.4 is 16.0 Å². The first-order valence-electron chi connectivity index (χ1n) is 7.14. The minimum atomic E-state index is -4.48. The van der Waals surface area contributed by atoms with Crippen LogP contribution >= 0.6 is 12.4 Å². The molecule has 24 heavy (non-hydrogen) atoms. The van der Waals surface area contributed by atoms with Crippen LogP contribution in [-0.4, -0.2) is 31.1 Å². The van der Waals surface area contributed by atoms with E-state index >= 15 is 0 Å². The van der Waals surface area contributed by atoms with Gasteiger partial charge in [0.15, 0.2) is 0 Å². The van der Waals surface area contributed by atoms with Crippen LogP contribution in [-0.2, 0) is 11.0 Å². The molecule has 0 radical (unpaired) electrons. The van der Waals surface area contributed by atoms with Crippen molar-refractivity contribution >= 4 is 24.0 Å². The Morgan fingerprint density at radius 1 is 1.50 bits per heavy atom. The fourth-order valence-electron chi connectivity index (χ4n) is 2.63. The number of amides is 1. The SMILES string of the molecule is C[C@H](N[C@H]1CCN(c2ccc(C(F)(F)F)cc2C#N)C1)C(N)=O.Cl. The molecule has 2 atom stereocenters. The summed E-state index contributed by atoms with van der Waals surface area (Å²) in [6.07, 6.45) is -3.76. The minimum absolute atomic E-state index is 0. The molecule has 0 spiro atoms. The van der Waals surface area contributed by atoms with E-state index in [-0.39, 0.29) is 24.0 Å². The molecular weight excluding hydrogens is 345 g/mol. The summed E-state index contributed by atoms with van der Waals surface area (Å²) in [4.78, 5) is 12.9. The summed E-state index contributed by atoms with van der Waals surface area (Å²) in [5.41, 5.74) is 4.82. The van der Waals surface area contributed by atoms with Crippen LogP contribution in [0.1, 0.15) is 24.5 Å². The molecule has 0 bridgehead atoms. The molecule has 1 aliphatic heterocycles. The number of hydrogen-bond donors (Lipinski definition) is 2. The number of alkyl halides is 3. The molecule has 132 valence electrons. The van der Waals surface area contributed by atoms with Gasteiger partial charge in [-0.25, -0.2) is 0 Å². The summed E-state index contributed by atoms with van der Waals surface area (Å²) in [5, 5.41) is 12.2. The van der Waals surface area contributed by atoms with Gasteiger partial charge in [-0.05, 0) is 31.5 Å². The minimum Gasteiger partial charge on any atom is -0.369 e. The van der Waals surface area contributed by atoms with Crippen LogP contribution in [0.2, 0.25) is 0 Å². The molecule has 1 saturated heterocycles. The third kappa shape index (κ3) is 4.52. The Balaban J connectivity index is 0.00000288. The molecule has 2 rings (SSSR count). The summed E-state index contributed by atoms with van der Waals surface area (Å²) in [5.74, 6) is -0.462. The smallest absolute Gasteiger partial charge is 0.369 e. The van der Waals surface area contributed by atoms with Gasteiger partial charge in [0, 0.05) is 19.1 Å². The molecule has 1 fully saturated rings. The second-order valence-corrected chi connectivity index (χ2v) is 5.56. The lowest BCUT2D eigenvalue weighted by atomic mass is 10.1. The molecule has 3 N–H and O–H groups in total. The maximum atomic E-state index is 12.7. The van der Waals surface area contributed by atoms with Crippen molar-refractivity contribution < 1.29 is 18.0 Å². The molecule has 9 heteroatoms. The van der Waals surface area contributed by atoms with Gasteiger partial charge in [0.25, 0.3) is 0 Å². The van der Waals surface area contributed by atoms with E-state index in [1.807, 2.05) is 11.0 Å². The number of primary amides is 1. The van der Waals surface area contributed by atoms with Crippen molar-refractivity contribution in [3.05, 3.63) is 29.3 Å². The van der Waals surface area contributed by atoms with Gasteiger partial charge in [-0.1, -0.05) is 0 Å². The number of benzene rings is 1. The van der Waals surface area contributed by atoms with Gasteiger partial charge < -0.3 is 16.0 Å². The Labute approximate surface area is 144 Å². The first kappa shape index (κ1) is 20.1. The summed E-state index contributed by atoms with van der Waals surface area (Å²) in [6.45, 7) is 2.74. The van der Waals surface area contributed by atoms with E-state index in [1.54, 1.807) is 6.92 Å². The third-order valence-electron chi connectivity index (χ3n) is 3.89. The zero-order chi connectivity index (χ0) is 17.2. The fraction of sp³-hybridized carbons (Fsp3) is 0.467. The quantitative estimate of drug-likeness (QED) is 0.858. The van der Waals surface area contributed by atoms with E-state index in [2.05, 4.69) is 5.32 Å². The molecule has 1 aromatic rings. The predicted octanol–water partition coefficient (Wildman–Crippen LogP) is 2.04. The van der Waals surface area contributed by atoms with E-state index in [4.69, 9.17) is 11.0 Å². The van der Waals surface area contributed by atoms with E-state index < -0.39 is 23.7 Å². The van der Waals surface area contributed by atoms with Crippen molar-refractivity contribution in [2.75, 3.05) is 18.0 Å². The zero-order valence-electron chi connectivity index (χ0n) is 12.9. The van der Waals surface area contributed by atoms with Gasteiger partial charge in [-0.2, -0.15) is 18.4 Å². The lowest BCUT2D eigenvalue weighted by Crippen LogP contribution is -2.45. The number of anilines is 1. The summed E-state index contributed by atoms with van der Waals surface area (Å²) < 4.78 is 38.2. The molecule has 1 aliphatic rings. The van der Waals surface area contributed by atoms with Crippen LogP contribution in [0.3, 0.4) is 0 Å². The van der Waals surface area contributed by atoms with Crippen molar-refractivity contribution in [3.8, 4) is 6.07 Å². The number of nitriles is 1. The Hall–Kier alpha value is -1.98. The second-order valence-electron chi connectivity index (χ2n) is 5.56. The van der Waals surface area contributed by atoms with Crippen LogP contribution in [0.25, 0.3) is 0 Å². The largest absolute Gasteiger partial charge is 0.416 e. The van der Waals surface area contributed by atoms with Crippen molar-refractivity contribution in [1.82, 2.24) is 5.32 Å². The number of nitrogens with two attached hydrogens (primary N) is 1. The molecular formula is C15H18ClF3N4O. The van der Waals surface area contributed by atoms with Crippen LogP contribution in [0.4, 0.5) is 18.9 Å². The number of hydrogen-bond acceptors (Lipinski definition) is 4. The Morgan fingerprint density at radius 2 is 2.17 bits per heavy atom. The van der Waals surface area contributed by atoms with E-state index in [0.717, 1.165) is 12.1 Å². The zero-order valence-corrected chi connectivity index (χ0v) is 13.7. The van der Waals surface area contributed by atoms with Crippen LogP contribution in [0.5, 0.6) is 0 Å². The summed E-state index contributed by atoms with van der Waals surface area (Å²) in [6, 6.07) is 4.49. The number of carbonyl (C=O) groups excluding carboxylic acids is 1. The lowest BCUT2D eigenvalue weighted by molar-refractivity contribution is -0.137. The van der Waals surface area contributed by atoms with Crippen molar-refractivity contribution in [2.45, 2.75) is 31.6 Å². The topological polar surface area (TPSA) is 82.2 Å². The highest BCUT2D eigenvalue weighted by atomic mass is 35.5. The molecule has 1 aromatic carbocycles. The molecule has 1 heterocycles. The van der Waals surface area contributed by atoms with Crippen LogP contribution in [0, 0.1) is 11.3 Å². The first-order chi connectivity index (χ1) is 10.7. The van der Waals surface area contributed by atoms with Gasteiger partial charge in [0.05, 0.1) is 22.9 Å². The van der Waals surface area contributed by atoms with Crippen molar-refractivity contribution in [2.24, 2.45) is 5.73 Å². The monoisotopic (exact) mass is 362 g/mol. The standard InChI is InChI=1S/C15H17F3N4O.ClH/c1-9(14(20)23)21-12-4-5-22(8-12)13-3-2-11(15(16,17)18)6-10(13)7-19;/h2-3,6,9,12,21H,4-5,8H2,1H3,(H2,20,23);1H/t9-,12-;/m0./s1. The molecule has 1 amide bonds. The average Bonchev–Trinajstić information content (AvgIpc) is 2.93. The van der Waals surface area contributed by atoms with Crippen molar-refractivity contribution in [3.63, 3.8) is 0 Å². The highest BCUT2D eigenvalue weighted by Crippen LogP contribution is 2.33. The van der Waals surface area contributed by atoms with Gasteiger partial charge in [-0.3, -0.25) is 4.79 Å². The van der Waals surface area contributed by atoms with E-state index in [1.165, 1.54) is 6.07 Å². The molecule has 0 saturated carbocycles. The summed E-state index contributed by atoms with van der Waals surface area (Å²) >= 11 is 0. The average molecular weight is 363 g/mol. The number of carbonyl (C=O) groups is 1. The fourth-order valence-corrected chi connectivity index (χ4v) is 2.63. The molecule has 5 nitrogen and oxygen atoms in total. The summed E-state index contributed by atoms with van der Waals surface area (Å²) in [7, 11) is 0. The normalized spacial score (nSPS) is 18.6. The maximum absolute atomic E-state index is 12.7. The molecule has 0 aliphatic carbocycles. The Kier molecular flexibility index (Phi) is 6.46. The van der Waals surface area contributed by atoms with E-state index in [9.17, 15) is 18.0 Å².